The first kappa shape index (κ1) is 11.3. The molecule has 1 aliphatic heterocycles. The van der Waals surface area contributed by atoms with Crippen LogP contribution in [0.15, 0.2) is 30.5 Å². The van der Waals surface area contributed by atoms with Crippen LogP contribution in [-0.4, -0.2) is 40.5 Å². The third-order valence-corrected chi connectivity index (χ3v) is 3.38. The molecule has 94 valence electrons. The lowest BCUT2D eigenvalue weighted by Gasteiger charge is -2.20. The molecule has 2 atom stereocenters. The van der Waals surface area contributed by atoms with Gasteiger partial charge in [0.1, 0.15) is 0 Å². The van der Waals surface area contributed by atoms with Gasteiger partial charge in [0.05, 0.1) is 23.4 Å². The van der Waals surface area contributed by atoms with Crippen molar-refractivity contribution >= 4 is 22.3 Å². The highest BCUT2D eigenvalue weighted by Gasteiger charge is 2.30. The predicted molar refractivity (Wildman–Crippen MR) is 70.4 cm³/mol. The number of rotatable bonds is 1. The molecule has 0 amide bonds. The number of nitrogen functional groups attached to an aromatic ring is 1. The van der Waals surface area contributed by atoms with E-state index in [1.807, 2.05) is 29.2 Å². The van der Waals surface area contributed by atoms with E-state index < -0.39 is 12.2 Å². The Balaban J connectivity index is 2.10. The number of hydrogen-bond donors (Lipinski definition) is 3. The van der Waals surface area contributed by atoms with Gasteiger partial charge in [-0.1, -0.05) is 0 Å². The molecular formula is C13H15N3O2. The lowest BCUT2D eigenvalue weighted by Crippen LogP contribution is -2.22. The number of β-amino-alcohol motifs (C(OH)–C–C–N with tert-alkyl or cyclic N) is 2. The maximum Gasteiger partial charge on any atom is 0.0990 e. The molecule has 0 spiro atoms. The van der Waals surface area contributed by atoms with Gasteiger partial charge in [-0.25, -0.2) is 0 Å². The average molecular weight is 245 g/mol. The van der Waals surface area contributed by atoms with E-state index in [0.717, 1.165) is 16.6 Å². The summed E-state index contributed by atoms with van der Waals surface area (Å²) in [5, 5.41) is 20.2. The summed E-state index contributed by atoms with van der Waals surface area (Å²) in [5.41, 5.74) is 8.24. The Morgan fingerprint density at radius 2 is 1.89 bits per heavy atom. The first-order chi connectivity index (χ1) is 8.66. The van der Waals surface area contributed by atoms with Crippen LogP contribution in [0.4, 0.5) is 11.4 Å². The molecule has 5 heteroatoms. The van der Waals surface area contributed by atoms with Crippen LogP contribution in [0.5, 0.6) is 0 Å². The van der Waals surface area contributed by atoms with Crippen LogP contribution in [0.3, 0.4) is 0 Å². The molecule has 18 heavy (non-hydrogen) atoms. The first-order valence-electron chi connectivity index (χ1n) is 5.91. The summed E-state index contributed by atoms with van der Waals surface area (Å²) in [6, 6.07) is 7.52. The average Bonchev–Trinajstić information content (AvgIpc) is 2.70. The lowest BCUT2D eigenvalue weighted by molar-refractivity contribution is 0.0572. The minimum Gasteiger partial charge on any atom is -0.397 e. The molecule has 1 aromatic heterocycles. The summed E-state index contributed by atoms with van der Waals surface area (Å²) in [6.07, 6.45) is 0.305. The molecule has 1 aromatic carbocycles. The molecule has 2 heterocycles. The second-order valence-corrected chi connectivity index (χ2v) is 4.61. The van der Waals surface area contributed by atoms with Gasteiger partial charge < -0.3 is 20.8 Å². The van der Waals surface area contributed by atoms with Crippen LogP contribution in [0, 0.1) is 0 Å². The highest BCUT2D eigenvalue weighted by Crippen LogP contribution is 2.31. The van der Waals surface area contributed by atoms with Gasteiger partial charge in [-0.3, -0.25) is 4.98 Å². The fourth-order valence-corrected chi connectivity index (χ4v) is 2.42. The minimum atomic E-state index is -0.700. The van der Waals surface area contributed by atoms with Crippen LogP contribution in [0.2, 0.25) is 0 Å². The smallest absolute Gasteiger partial charge is 0.0990 e. The van der Waals surface area contributed by atoms with Crippen molar-refractivity contribution in [2.24, 2.45) is 0 Å². The molecule has 1 fully saturated rings. The Hall–Kier alpha value is -1.85. The topological polar surface area (TPSA) is 82.6 Å². The van der Waals surface area contributed by atoms with Crippen LogP contribution < -0.4 is 10.6 Å². The maximum absolute atomic E-state index is 9.62. The van der Waals surface area contributed by atoms with Gasteiger partial charge in [0.2, 0.25) is 0 Å². The van der Waals surface area contributed by atoms with E-state index in [1.54, 1.807) is 6.20 Å². The summed E-state index contributed by atoms with van der Waals surface area (Å²) < 4.78 is 0. The third kappa shape index (κ3) is 1.68. The maximum atomic E-state index is 9.62. The van der Waals surface area contributed by atoms with Crippen LogP contribution in [0.1, 0.15) is 0 Å². The summed E-state index contributed by atoms with van der Waals surface area (Å²) in [7, 11) is 0. The van der Waals surface area contributed by atoms with E-state index in [4.69, 9.17) is 5.73 Å². The van der Waals surface area contributed by atoms with Gasteiger partial charge in [-0.2, -0.15) is 0 Å². The number of pyridine rings is 1. The summed E-state index contributed by atoms with van der Waals surface area (Å²) in [5.74, 6) is 0. The lowest BCUT2D eigenvalue weighted by atomic mass is 10.1. The van der Waals surface area contributed by atoms with Crippen LogP contribution >= 0.6 is 0 Å². The number of aliphatic hydroxyl groups excluding tert-OH is 2. The first-order valence-corrected chi connectivity index (χ1v) is 5.91. The zero-order chi connectivity index (χ0) is 12.7. The number of aromatic nitrogens is 1. The molecule has 0 bridgehead atoms. The molecule has 2 unspecified atom stereocenters. The van der Waals surface area contributed by atoms with Crippen molar-refractivity contribution < 1.29 is 10.2 Å². The number of nitrogens with zero attached hydrogens (tertiary/aromatic N) is 2. The largest absolute Gasteiger partial charge is 0.397 e. The van der Waals surface area contributed by atoms with Crippen molar-refractivity contribution in [1.29, 1.82) is 0 Å². The summed E-state index contributed by atoms with van der Waals surface area (Å²) in [6.45, 7) is 0.851. The minimum absolute atomic E-state index is 0.426. The Kier molecular flexibility index (Phi) is 2.57. The zero-order valence-electron chi connectivity index (χ0n) is 9.82. The summed E-state index contributed by atoms with van der Waals surface area (Å²) in [4.78, 5) is 6.23. The van der Waals surface area contributed by atoms with Gasteiger partial charge in [-0.05, 0) is 24.3 Å². The fraction of sp³-hybridized carbons (Fsp3) is 0.308. The van der Waals surface area contributed by atoms with E-state index >= 15 is 0 Å². The van der Waals surface area contributed by atoms with Crippen molar-refractivity contribution in [3.05, 3.63) is 30.5 Å². The SMILES string of the molecule is Nc1ccc(N2CC(O)C(O)C2)c2cccnc12. The molecule has 0 aliphatic carbocycles. The van der Waals surface area contributed by atoms with Crippen LogP contribution in [0.25, 0.3) is 10.9 Å². The third-order valence-electron chi connectivity index (χ3n) is 3.38. The molecule has 4 N–H and O–H groups in total. The molecule has 0 radical (unpaired) electrons. The quantitative estimate of drug-likeness (QED) is 0.632. The van der Waals surface area contributed by atoms with Crippen molar-refractivity contribution in [2.75, 3.05) is 23.7 Å². The fourth-order valence-electron chi connectivity index (χ4n) is 2.42. The van der Waals surface area contributed by atoms with Gasteiger partial charge >= 0.3 is 0 Å². The van der Waals surface area contributed by atoms with E-state index in [9.17, 15) is 10.2 Å². The number of hydrogen-bond acceptors (Lipinski definition) is 5. The van der Waals surface area contributed by atoms with Crippen molar-refractivity contribution in [3.8, 4) is 0 Å². The Bertz CT molecular complexity index is 577. The second kappa shape index (κ2) is 4.12. The summed E-state index contributed by atoms with van der Waals surface area (Å²) >= 11 is 0. The Labute approximate surface area is 104 Å². The van der Waals surface area contributed by atoms with Crippen LogP contribution in [-0.2, 0) is 0 Å². The molecule has 3 rings (SSSR count). The second-order valence-electron chi connectivity index (χ2n) is 4.61. The van der Waals surface area contributed by atoms with Gasteiger partial charge in [0.25, 0.3) is 0 Å². The number of anilines is 2. The molecule has 0 saturated carbocycles. The zero-order valence-corrected chi connectivity index (χ0v) is 9.82. The molecule has 5 nitrogen and oxygen atoms in total. The monoisotopic (exact) mass is 245 g/mol. The van der Waals surface area contributed by atoms with E-state index in [1.165, 1.54) is 0 Å². The van der Waals surface area contributed by atoms with E-state index in [0.29, 0.717) is 18.8 Å². The van der Waals surface area contributed by atoms with Gasteiger partial charge in [-0.15, -0.1) is 0 Å². The standard InChI is InChI=1S/C13H15N3O2/c14-9-3-4-10(8-2-1-5-15-13(8)9)16-6-11(17)12(18)7-16/h1-5,11-12,17-18H,6-7,14H2. The number of aliphatic hydroxyl groups is 2. The number of nitrogens with two attached hydrogens (primary N) is 1. The highest BCUT2D eigenvalue weighted by atomic mass is 16.3. The molecule has 1 aliphatic rings. The van der Waals surface area contributed by atoms with E-state index in [-0.39, 0.29) is 0 Å². The predicted octanol–water partition coefficient (Wildman–Crippen LogP) is 0.359. The van der Waals surface area contributed by atoms with Gasteiger partial charge in [0.15, 0.2) is 0 Å². The van der Waals surface area contributed by atoms with Crippen molar-refractivity contribution in [1.82, 2.24) is 4.98 Å². The molecule has 2 aromatic rings. The van der Waals surface area contributed by atoms with Gasteiger partial charge in [0, 0.05) is 30.4 Å². The number of benzene rings is 1. The highest BCUT2D eigenvalue weighted by molar-refractivity contribution is 5.98. The Morgan fingerprint density at radius 1 is 1.17 bits per heavy atom. The van der Waals surface area contributed by atoms with E-state index in [2.05, 4.69) is 4.98 Å². The molecule has 1 saturated heterocycles. The van der Waals surface area contributed by atoms with Crippen molar-refractivity contribution in [3.63, 3.8) is 0 Å². The Morgan fingerprint density at radius 3 is 2.61 bits per heavy atom. The number of fused-ring (bicyclic) bond motifs is 1. The molecular weight excluding hydrogens is 230 g/mol. The normalized spacial score (nSPS) is 23.8. The van der Waals surface area contributed by atoms with Crippen molar-refractivity contribution in [2.45, 2.75) is 12.2 Å².